The maximum absolute atomic E-state index is 5.98. The van der Waals surface area contributed by atoms with E-state index in [1.807, 2.05) is 21.0 Å². The van der Waals surface area contributed by atoms with Crippen molar-refractivity contribution in [3.63, 3.8) is 0 Å². The first kappa shape index (κ1) is 17.3. The van der Waals surface area contributed by atoms with Crippen LogP contribution in [0.2, 0.25) is 25.2 Å². The molecule has 0 fully saturated rings. The summed E-state index contributed by atoms with van der Waals surface area (Å²) in [5.74, 6) is 0. The molecule has 0 radical (unpaired) electrons. The Morgan fingerprint density at radius 3 is 1.71 bits per heavy atom. The smallest absolute Gasteiger partial charge is 0.420 e. The predicted molar refractivity (Wildman–Crippen MR) is 76.8 cm³/mol. The molecule has 0 N–H and O–H groups in total. The minimum absolute atomic E-state index is 0.708. The van der Waals surface area contributed by atoms with E-state index in [0.29, 0.717) is 13.2 Å². The van der Waals surface area contributed by atoms with E-state index in [4.69, 9.17) is 13.3 Å². The van der Waals surface area contributed by atoms with E-state index in [2.05, 4.69) is 31.8 Å². The summed E-state index contributed by atoms with van der Waals surface area (Å²) in [5.41, 5.74) is 0. The van der Waals surface area contributed by atoms with Crippen LogP contribution >= 0.6 is 0 Å². The Bertz CT molecular complexity index is 207. The fourth-order valence-corrected chi connectivity index (χ4v) is 7.79. The highest BCUT2D eigenvalue weighted by Crippen LogP contribution is 2.24. The van der Waals surface area contributed by atoms with Gasteiger partial charge in [0.25, 0.3) is 0 Å². The van der Waals surface area contributed by atoms with Crippen molar-refractivity contribution >= 4 is 17.0 Å². The molecule has 0 aromatic carbocycles. The van der Waals surface area contributed by atoms with E-state index >= 15 is 0 Å². The summed E-state index contributed by atoms with van der Waals surface area (Å²) in [6.45, 7) is 9.95. The van der Waals surface area contributed by atoms with Gasteiger partial charge >= 0.3 is 8.72 Å². The van der Waals surface area contributed by atoms with Crippen LogP contribution < -0.4 is 0 Å². The van der Waals surface area contributed by atoms with Gasteiger partial charge in [-0.3, -0.25) is 4.57 Å². The zero-order valence-electron chi connectivity index (χ0n) is 12.5. The van der Waals surface area contributed by atoms with Crippen molar-refractivity contribution in [1.29, 1.82) is 0 Å². The van der Waals surface area contributed by atoms with Crippen molar-refractivity contribution in [3.05, 3.63) is 0 Å². The quantitative estimate of drug-likeness (QED) is 0.607. The molecule has 0 saturated carbocycles. The van der Waals surface area contributed by atoms with Crippen LogP contribution in [0.4, 0.5) is 0 Å². The van der Waals surface area contributed by atoms with Gasteiger partial charge in [0.1, 0.15) is 0 Å². The molecule has 0 aliphatic heterocycles. The number of hydrogen-bond donors (Lipinski definition) is 0. The van der Waals surface area contributed by atoms with Gasteiger partial charge in [0.05, 0.1) is 0 Å². The predicted octanol–water partition coefficient (Wildman–Crippen LogP) is 2.41. The largest absolute Gasteiger partial charge is 0.427 e. The second-order valence-corrected chi connectivity index (χ2v) is 12.8. The molecule has 0 unspecified atom stereocenters. The summed E-state index contributed by atoms with van der Waals surface area (Å²) in [4.78, 5) is 0. The van der Waals surface area contributed by atoms with Crippen LogP contribution in [0.25, 0.3) is 0 Å². The van der Waals surface area contributed by atoms with E-state index in [0.717, 1.165) is 12.1 Å². The Kier molecular flexibility index (Phi) is 7.78. The lowest BCUT2D eigenvalue weighted by Gasteiger charge is -2.36. The maximum atomic E-state index is 5.98. The third-order valence-corrected chi connectivity index (χ3v) is 9.80. The second kappa shape index (κ2) is 7.65. The van der Waals surface area contributed by atoms with Gasteiger partial charge in [-0.25, -0.2) is 0 Å². The molecule has 0 rings (SSSR count). The van der Waals surface area contributed by atoms with Gasteiger partial charge in [0, 0.05) is 26.4 Å². The standard InChI is InChI=1S/C11H29NO3Si2/c1-8-14-17(12(3)4,15-9-2)11-10-16(6,7)13-5/h8-11H2,1-7H3. The summed E-state index contributed by atoms with van der Waals surface area (Å²) in [6, 6.07) is 2.06. The molecule has 0 bridgehead atoms. The SMILES string of the molecule is CCO[Si](CC[Si](C)(C)OC)(OCC)N(C)C. The maximum Gasteiger partial charge on any atom is 0.427 e. The first-order chi connectivity index (χ1) is 7.83. The number of hydrogen-bond acceptors (Lipinski definition) is 4. The summed E-state index contributed by atoms with van der Waals surface area (Å²) in [5, 5.41) is 0. The van der Waals surface area contributed by atoms with Crippen molar-refractivity contribution in [2.45, 2.75) is 39.0 Å². The molecule has 0 aliphatic rings. The molecule has 0 heterocycles. The molecule has 17 heavy (non-hydrogen) atoms. The minimum Gasteiger partial charge on any atom is -0.420 e. The summed E-state index contributed by atoms with van der Waals surface area (Å²) >= 11 is 0. The van der Waals surface area contributed by atoms with E-state index in [1.54, 1.807) is 0 Å². The lowest BCUT2D eigenvalue weighted by atomic mass is 10.9. The zero-order chi connectivity index (χ0) is 13.5. The zero-order valence-corrected chi connectivity index (χ0v) is 14.5. The molecule has 0 amide bonds. The van der Waals surface area contributed by atoms with Crippen LogP contribution in [0.1, 0.15) is 13.8 Å². The van der Waals surface area contributed by atoms with E-state index in [9.17, 15) is 0 Å². The van der Waals surface area contributed by atoms with Crippen LogP contribution in [0, 0.1) is 0 Å². The molecule has 104 valence electrons. The average Bonchev–Trinajstić information content (AvgIpc) is 2.26. The third kappa shape index (κ3) is 5.63. The van der Waals surface area contributed by atoms with Gasteiger partial charge in [-0.1, -0.05) is 0 Å². The molecule has 0 aliphatic carbocycles. The molecule has 0 saturated heterocycles. The minimum atomic E-state index is -2.21. The Balaban J connectivity index is 4.66. The number of nitrogens with zero attached hydrogens (tertiary/aromatic N) is 1. The lowest BCUT2D eigenvalue weighted by Crippen LogP contribution is -2.56. The van der Waals surface area contributed by atoms with Gasteiger partial charge in [0.2, 0.25) is 0 Å². The van der Waals surface area contributed by atoms with Crippen molar-refractivity contribution in [1.82, 2.24) is 4.57 Å². The van der Waals surface area contributed by atoms with Gasteiger partial charge in [-0.05, 0) is 47.1 Å². The lowest BCUT2D eigenvalue weighted by molar-refractivity contribution is 0.139. The molecule has 0 atom stereocenters. The first-order valence-electron chi connectivity index (χ1n) is 6.34. The molecular weight excluding hydrogens is 250 g/mol. The Morgan fingerprint density at radius 2 is 1.41 bits per heavy atom. The van der Waals surface area contributed by atoms with E-state index in [-0.39, 0.29) is 0 Å². The molecule has 4 nitrogen and oxygen atoms in total. The highest BCUT2D eigenvalue weighted by Gasteiger charge is 2.42. The fraction of sp³-hybridized carbons (Fsp3) is 1.00. The molecule has 0 aromatic heterocycles. The first-order valence-corrected chi connectivity index (χ1v) is 11.4. The van der Waals surface area contributed by atoms with Gasteiger partial charge < -0.3 is 13.3 Å². The van der Waals surface area contributed by atoms with Crippen LogP contribution in [0.5, 0.6) is 0 Å². The van der Waals surface area contributed by atoms with Gasteiger partial charge in [-0.15, -0.1) is 0 Å². The summed E-state index contributed by atoms with van der Waals surface area (Å²) in [7, 11) is 2.17. The highest BCUT2D eigenvalue weighted by molar-refractivity contribution is 6.74. The van der Waals surface area contributed by atoms with Gasteiger partial charge in [-0.2, -0.15) is 0 Å². The fourth-order valence-electron chi connectivity index (χ4n) is 1.68. The number of rotatable bonds is 9. The van der Waals surface area contributed by atoms with Crippen LogP contribution in [0.3, 0.4) is 0 Å². The normalized spacial score (nSPS) is 13.4. The van der Waals surface area contributed by atoms with Crippen molar-refractivity contribution < 1.29 is 13.3 Å². The summed E-state index contributed by atoms with van der Waals surface area (Å²) < 4.78 is 19.7. The molecule has 0 spiro atoms. The third-order valence-electron chi connectivity index (χ3n) is 3.02. The summed E-state index contributed by atoms with van der Waals surface area (Å²) in [6.07, 6.45) is 0. The van der Waals surface area contributed by atoms with Crippen LogP contribution in [0.15, 0.2) is 0 Å². The van der Waals surface area contributed by atoms with Gasteiger partial charge in [0.15, 0.2) is 8.32 Å². The Morgan fingerprint density at radius 1 is 0.941 bits per heavy atom. The van der Waals surface area contributed by atoms with Crippen molar-refractivity contribution in [2.75, 3.05) is 34.4 Å². The van der Waals surface area contributed by atoms with Crippen molar-refractivity contribution in [3.8, 4) is 0 Å². The topological polar surface area (TPSA) is 30.9 Å². The van der Waals surface area contributed by atoms with Crippen LogP contribution in [-0.2, 0) is 13.3 Å². The molecule has 0 aromatic rings. The Labute approximate surface area is 109 Å². The van der Waals surface area contributed by atoms with Crippen LogP contribution in [-0.4, -0.2) is 56.0 Å². The van der Waals surface area contributed by atoms with E-state index < -0.39 is 17.0 Å². The highest BCUT2D eigenvalue weighted by atomic mass is 28.4. The monoisotopic (exact) mass is 279 g/mol. The van der Waals surface area contributed by atoms with Crippen molar-refractivity contribution in [2.24, 2.45) is 0 Å². The Hall–Kier alpha value is 0.274. The average molecular weight is 280 g/mol. The second-order valence-electron chi connectivity index (χ2n) is 4.94. The van der Waals surface area contributed by atoms with E-state index in [1.165, 1.54) is 0 Å². The molecule has 6 heteroatoms. The molecular formula is C11H29NO3Si2.